The maximum atomic E-state index is 13.2. The molecule has 21 nitrogen and oxygen atoms in total. The van der Waals surface area contributed by atoms with Crippen molar-refractivity contribution in [3.63, 3.8) is 0 Å². The topological polar surface area (TPSA) is 248 Å². The van der Waals surface area contributed by atoms with Crippen LogP contribution in [0.2, 0.25) is 0 Å². The average Bonchev–Trinajstić information content (AvgIpc) is 1.79. The first-order valence-electron chi connectivity index (χ1n) is 34.1. The van der Waals surface area contributed by atoms with E-state index in [-0.39, 0.29) is 17.3 Å². The van der Waals surface area contributed by atoms with Crippen molar-refractivity contribution < 1.29 is 14.4 Å². The number of rotatable bonds is 26. The molecule has 3 aliphatic heterocycles. The SMILES string of the molecule is CCCCC(CC(=O)c1cnc(Br)s1)Cc1c[nH]c2ccccc12.CCCCC(CC(=O)c1cnc(N2CCn3ncnc3C2)s1)Cc1c[nH]c2ccccc12.CCCCC(CC(=O)c1cnc(N2CCn3ncnc3C2)s1)Cc1c[nH]c2ccccc12.c1nc2n(n1)CCNC2. The third-order valence-corrected chi connectivity index (χ3v) is 22.1. The monoisotopic (exact) mass is 1420 g/mol. The Labute approximate surface area is 585 Å². The zero-order chi connectivity index (χ0) is 66.9. The van der Waals surface area contributed by atoms with Gasteiger partial charge in [0.2, 0.25) is 0 Å². The van der Waals surface area contributed by atoms with Gasteiger partial charge in [-0.2, -0.15) is 15.3 Å². The first-order chi connectivity index (χ1) is 47.6. The predicted octanol–water partition coefficient (Wildman–Crippen LogP) is 15.1. The van der Waals surface area contributed by atoms with E-state index in [1.807, 2.05) is 32.2 Å². The third kappa shape index (κ3) is 17.9. The van der Waals surface area contributed by atoms with Crippen LogP contribution in [0.3, 0.4) is 0 Å². The van der Waals surface area contributed by atoms with Gasteiger partial charge < -0.3 is 30.1 Å². The summed E-state index contributed by atoms with van der Waals surface area (Å²) in [4.78, 5) is 81.6. The second kappa shape index (κ2) is 33.7. The van der Waals surface area contributed by atoms with Crippen LogP contribution in [0.15, 0.2) is 133 Å². The van der Waals surface area contributed by atoms with Gasteiger partial charge in [-0.15, -0.1) is 11.3 Å². The fourth-order valence-corrected chi connectivity index (χ4v) is 16.1. The maximum Gasteiger partial charge on any atom is 0.186 e. The molecule has 0 aliphatic carbocycles. The number of fused-ring (bicyclic) bond motifs is 6. The van der Waals surface area contributed by atoms with Crippen molar-refractivity contribution in [3.8, 4) is 0 Å². The molecule has 0 radical (unpaired) electrons. The molecule has 4 N–H and O–H groups in total. The number of nitrogens with zero attached hydrogens (tertiary/aromatic N) is 14. The summed E-state index contributed by atoms with van der Waals surface area (Å²) in [5.74, 6) is 4.58. The minimum Gasteiger partial charge on any atom is -0.361 e. The van der Waals surface area contributed by atoms with Gasteiger partial charge >= 0.3 is 0 Å². The average molecular weight is 1430 g/mol. The van der Waals surface area contributed by atoms with Gasteiger partial charge in [0.25, 0.3) is 0 Å². The van der Waals surface area contributed by atoms with E-state index < -0.39 is 0 Å². The highest BCUT2D eigenvalue weighted by atomic mass is 79.9. The zero-order valence-electron chi connectivity index (χ0n) is 55.4. The van der Waals surface area contributed by atoms with Crippen molar-refractivity contribution in [2.24, 2.45) is 17.8 Å². The lowest BCUT2D eigenvalue weighted by Gasteiger charge is -2.25. The van der Waals surface area contributed by atoms with Gasteiger partial charge in [0.1, 0.15) is 36.5 Å². The Bertz CT molecular complexity index is 4280. The van der Waals surface area contributed by atoms with Gasteiger partial charge in [0, 0.05) is 90.2 Å². The maximum absolute atomic E-state index is 13.2. The van der Waals surface area contributed by atoms with Crippen molar-refractivity contribution in [1.82, 2.24) is 79.5 Å². The van der Waals surface area contributed by atoms with Gasteiger partial charge in [0.05, 0.1) is 72.5 Å². The van der Waals surface area contributed by atoms with E-state index in [9.17, 15) is 14.4 Å². The molecule has 12 aromatic rings. The molecule has 12 heterocycles. The second-order valence-corrected chi connectivity index (χ2v) is 29.6. The molecule has 0 spiro atoms. The largest absolute Gasteiger partial charge is 0.361 e. The summed E-state index contributed by atoms with van der Waals surface area (Å²) in [5.41, 5.74) is 7.40. The van der Waals surface area contributed by atoms with Crippen molar-refractivity contribution in [1.29, 1.82) is 0 Å². The van der Waals surface area contributed by atoms with Gasteiger partial charge in [-0.05, 0) is 107 Å². The van der Waals surface area contributed by atoms with Crippen LogP contribution in [0, 0.1) is 17.8 Å². The van der Waals surface area contributed by atoms with E-state index in [1.54, 1.807) is 37.6 Å². The van der Waals surface area contributed by atoms with Crippen LogP contribution < -0.4 is 15.1 Å². The molecule has 3 unspecified atom stereocenters. The molecule has 0 bridgehead atoms. The molecule has 3 aliphatic rings. The quantitative estimate of drug-likeness (QED) is 0.0368. The lowest BCUT2D eigenvalue weighted by molar-refractivity contribution is 0.0953. The van der Waals surface area contributed by atoms with E-state index in [0.29, 0.717) is 50.1 Å². The molecule has 0 saturated carbocycles. The van der Waals surface area contributed by atoms with Crippen LogP contribution in [-0.2, 0) is 58.5 Å². The lowest BCUT2D eigenvalue weighted by atomic mass is 9.89. The van der Waals surface area contributed by atoms with Crippen LogP contribution >= 0.6 is 49.9 Å². The number of hydrogen-bond donors (Lipinski definition) is 4. The minimum absolute atomic E-state index is 0.204. The number of ketones is 3. The summed E-state index contributed by atoms with van der Waals surface area (Å²) >= 11 is 7.76. The van der Waals surface area contributed by atoms with Crippen molar-refractivity contribution in [3.05, 3.63) is 182 Å². The Morgan fingerprint density at radius 2 is 0.856 bits per heavy atom. The minimum atomic E-state index is 0.204. The smallest absolute Gasteiger partial charge is 0.186 e. The molecule has 506 valence electrons. The Balaban J connectivity index is 0.000000131. The summed E-state index contributed by atoms with van der Waals surface area (Å²) in [6, 6.07) is 25.1. The molecule has 0 amide bonds. The number of aromatic nitrogens is 15. The summed E-state index contributed by atoms with van der Waals surface area (Å²) in [5, 5.41) is 21.3. The van der Waals surface area contributed by atoms with Crippen LogP contribution in [0.4, 0.5) is 10.3 Å². The highest BCUT2D eigenvalue weighted by molar-refractivity contribution is 9.11. The molecule has 3 aromatic carbocycles. The molecule has 9 aromatic heterocycles. The molecule has 0 saturated heterocycles. The Hall–Kier alpha value is -8.36. The van der Waals surface area contributed by atoms with Crippen LogP contribution in [0.25, 0.3) is 32.7 Å². The number of hydrogen-bond acceptors (Lipinski definition) is 18. The number of anilines is 2. The normalized spacial score (nSPS) is 14.4. The molecule has 3 atom stereocenters. The Morgan fingerprint density at radius 1 is 0.474 bits per heavy atom. The number of benzene rings is 3. The molecule has 0 fully saturated rings. The second-order valence-electron chi connectivity index (χ2n) is 25.3. The number of aromatic amines is 3. The van der Waals surface area contributed by atoms with Gasteiger partial charge in [0.15, 0.2) is 31.5 Å². The number of Topliss-reactive ketones (excluding diaryl/α,β-unsaturated/α-hetero) is 3. The molecule has 25 heteroatoms. The van der Waals surface area contributed by atoms with Crippen LogP contribution in [0.1, 0.15) is 161 Å². The highest BCUT2D eigenvalue weighted by Gasteiger charge is 2.27. The number of unbranched alkanes of at least 4 members (excludes halogenated alkanes) is 3. The molecule has 15 rings (SSSR count). The number of para-hydroxylation sites is 3. The van der Waals surface area contributed by atoms with Crippen molar-refractivity contribution in [2.45, 2.75) is 156 Å². The first kappa shape index (κ1) is 68.6. The van der Waals surface area contributed by atoms with E-state index in [0.717, 1.165) is 180 Å². The van der Waals surface area contributed by atoms with E-state index >= 15 is 0 Å². The fraction of sp³-hybridized carbons (Fsp3) is 0.417. The van der Waals surface area contributed by atoms with Crippen molar-refractivity contribution in [2.75, 3.05) is 29.4 Å². The number of thiazole rings is 3. The summed E-state index contributed by atoms with van der Waals surface area (Å²) < 4.78 is 6.56. The summed E-state index contributed by atoms with van der Waals surface area (Å²) in [6.07, 6.45) is 30.9. The predicted molar refractivity (Wildman–Crippen MR) is 390 cm³/mol. The number of halogens is 1. The van der Waals surface area contributed by atoms with Gasteiger partial charge in [-0.25, -0.2) is 43.9 Å². The number of H-pyrrole nitrogens is 3. The fourth-order valence-electron chi connectivity index (χ4n) is 13.1. The van der Waals surface area contributed by atoms with Crippen molar-refractivity contribution >= 4 is 110 Å². The summed E-state index contributed by atoms with van der Waals surface area (Å²) in [7, 11) is 0. The zero-order valence-corrected chi connectivity index (χ0v) is 59.5. The molecule has 97 heavy (non-hydrogen) atoms. The van der Waals surface area contributed by atoms with E-state index in [2.05, 4.69) is 185 Å². The van der Waals surface area contributed by atoms with E-state index in [1.165, 1.54) is 72.4 Å². The summed E-state index contributed by atoms with van der Waals surface area (Å²) in [6.45, 7) is 14.1. The van der Waals surface area contributed by atoms with Crippen LogP contribution in [0.5, 0.6) is 0 Å². The van der Waals surface area contributed by atoms with E-state index in [4.69, 9.17) is 0 Å². The third-order valence-electron chi connectivity index (χ3n) is 18.4. The first-order valence-corrected chi connectivity index (χ1v) is 37.4. The Morgan fingerprint density at radius 3 is 1.25 bits per heavy atom. The lowest BCUT2D eigenvalue weighted by Crippen LogP contribution is -2.34. The molecular formula is C72H85BrN18O3S3. The molecular weight excluding hydrogens is 1340 g/mol. The number of carbonyl (C=O) groups excluding carboxylic acids is 3. The van der Waals surface area contributed by atoms with Crippen LogP contribution in [-0.4, -0.2) is 111 Å². The van der Waals surface area contributed by atoms with Gasteiger partial charge in [-0.1, -0.05) is 137 Å². The standard InChI is InChI=1S/2C24H28N6OS.C19H21BrN2OS.C5H8N4/c2*1-2-3-6-17(11-18-13-25-20-8-5-4-7-19(18)20)12-21(31)22-14-26-24(32-22)29-9-10-30-23(15-29)27-16-28-30;1-2-3-6-13(10-17(23)18-12-22-19(20)24-18)9-14-11-21-16-8-5-4-7-15(14)16;1-2-9-5(3-6-1)7-4-8-9/h2*4-5,7-8,13-14,16-17,25H,2-3,6,9-12,15H2,1H3;4-5,7-8,11-13,21H,2-3,6,9-10H2,1H3;4,6H,1-3H2. The number of nitrogens with one attached hydrogen (secondary N) is 4. The highest BCUT2D eigenvalue weighted by Crippen LogP contribution is 2.34. The van der Waals surface area contributed by atoms with Gasteiger partial charge in [-0.3, -0.25) is 14.4 Å². The Kier molecular flexibility index (Phi) is 23.9. The number of carbonyl (C=O) groups is 3.